The number of H-pyrrole nitrogens is 1. The van der Waals surface area contributed by atoms with Crippen LogP contribution in [-0.4, -0.2) is 30.8 Å². The number of anilines is 1. The highest BCUT2D eigenvalue weighted by Crippen LogP contribution is 2.28. The van der Waals surface area contributed by atoms with Gasteiger partial charge in [-0.2, -0.15) is 4.31 Å². The molecule has 3 rings (SSSR count). The summed E-state index contributed by atoms with van der Waals surface area (Å²) in [6.07, 6.45) is 4.29. The van der Waals surface area contributed by atoms with E-state index in [1.807, 2.05) is 13.0 Å². The van der Waals surface area contributed by atoms with Crippen LogP contribution < -0.4 is 5.73 Å². The summed E-state index contributed by atoms with van der Waals surface area (Å²) >= 11 is 0. The summed E-state index contributed by atoms with van der Waals surface area (Å²) in [5, 5.41) is 0.649. The summed E-state index contributed by atoms with van der Waals surface area (Å²) in [4.78, 5) is 3.29. The third-order valence-corrected chi connectivity index (χ3v) is 5.59. The summed E-state index contributed by atoms with van der Waals surface area (Å²) in [5.74, 6) is 0. The molecule has 0 atom stereocenters. The lowest BCUT2D eigenvalue weighted by molar-refractivity contribution is 0.432. The molecule has 0 unspecified atom stereocenters. The summed E-state index contributed by atoms with van der Waals surface area (Å²) in [6, 6.07) is 5.25. The van der Waals surface area contributed by atoms with Crippen LogP contribution in [0.25, 0.3) is 10.9 Å². The molecule has 0 amide bonds. The smallest absolute Gasteiger partial charge is 0.245 e. The maximum Gasteiger partial charge on any atom is 0.245 e. The maximum atomic E-state index is 12.7. The number of hydrogen-bond donors (Lipinski definition) is 2. The van der Waals surface area contributed by atoms with Crippen LogP contribution >= 0.6 is 0 Å². The fraction of sp³-hybridized carbons (Fsp3) is 0.286. The van der Waals surface area contributed by atoms with E-state index in [-0.39, 0.29) is 0 Å². The Morgan fingerprint density at radius 2 is 2.15 bits per heavy atom. The minimum atomic E-state index is -3.48. The van der Waals surface area contributed by atoms with Crippen molar-refractivity contribution in [3.05, 3.63) is 36.0 Å². The predicted molar refractivity (Wildman–Crippen MR) is 79.8 cm³/mol. The largest absolute Gasteiger partial charge is 0.399 e. The predicted octanol–water partition coefficient (Wildman–Crippen LogP) is 2.09. The molecule has 0 radical (unpaired) electrons. The van der Waals surface area contributed by atoms with Crippen molar-refractivity contribution in [2.45, 2.75) is 18.2 Å². The number of benzene rings is 1. The highest BCUT2D eigenvalue weighted by Gasteiger charge is 2.27. The van der Waals surface area contributed by atoms with E-state index in [2.05, 4.69) is 4.98 Å². The van der Waals surface area contributed by atoms with E-state index in [4.69, 9.17) is 5.73 Å². The molecule has 2 heterocycles. The van der Waals surface area contributed by atoms with E-state index in [1.165, 1.54) is 9.88 Å². The number of sulfonamides is 1. The fourth-order valence-corrected chi connectivity index (χ4v) is 3.97. The zero-order chi connectivity index (χ0) is 14.3. The Morgan fingerprint density at radius 3 is 2.85 bits per heavy atom. The van der Waals surface area contributed by atoms with Crippen molar-refractivity contribution in [3.8, 4) is 0 Å². The highest BCUT2D eigenvalue weighted by molar-refractivity contribution is 7.89. The number of aromatic amines is 1. The van der Waals surface area contributed by atoms with Crippen LogP contribution in [0, 0.1) is 0 Å². The lowest BCUT2D eigenvalue weighted by Gasteiger charge is -2.24. The number of nitrogens with two attached hydrogens (primary N) is 1. The molecule has 0 aliphatic carbocycles. The maximum absolute atomic E-state index is 12.7. The molecule has 0 saturated carbocycles. The molecule has 6 heteroatoms. The van der Waals surface area contributed by atoms with Gasteiger partial charge in [-0.25, -0.2) is 8.42 Å². The van der Waals surface area contributed by atoms with E-state index in [0.29, 0.717) is 29.1 Å². The first-order chi connectivity index (χ1) is 9.48. The number of nitrogen functional groups attached to an aromatic ring is 1. The summed E-state index contributed by atoms with van der Waals surface area (Å²) in [6.45, 7) is 2.99. The zero-order valence-corrected chi connectivity index (χ0v) is 12.1. The average molecular weight is 291 g/mol. The first kappa shape index (κ1) is 13.2. The molecule has 5 nitrogen and oxygen atoms in total. The minimum Gasteiger partial charge on any atom is -0.399 e. The summed E-state index contributed by atoms with van der Waals surface area (Å²) in [7, 11) is -3.48. The third kappa shape index (κ3) is 2.10. The van der Waals surface area contributed by atoms with Gasteiger partial charge in [-0.3, -0.25) is 0 Å². The van der Waals surface area contributed by atoms with Crippen molar-refractivity contribution in [2.24, 2.45) is 0 Å². The molecule has 0 saturated heterocycles. The Hall–Kier alpha value is -1.79. The molecular formula is C14H17N3O2S. The monoisotopic (exact) mass is 291 g/mol. The molecule has 0 bridgehead atoms. The van der Waals surface area contributed by atoms with E-state index >= 15 is 0 Å². The second kappa shape index (κ2) is 4.64. The van der Waals surface area contributed by atoms with E-state index < -0.39 is 10.0 Å². The van der Waals surface area contributed by atoms with Crippen LogP contribution in [0.1, 0.15) is 13.3 Å². The molecule has 2 aromatic rings. The average Bonchev–Trinajstić information content (AvgIpc) is 2.82. The van der Waals surface area contributed by atoms with Crippen molar-refractivity contribution in [3.63, 3.8) is 0 Å². The van der Waals surface area contributed by atoms with Gasteiger partial charge in [-0.1, -0.05) is 11.6 Å². The third-order valence-electron chi connectivity index (χ3n) is 3.68. The number of aromatic nitrogens is 1. The first-order valence-electron chi connectivity index (χ1n) is 6.51. The second-order valence-electron chi connectivity index (χ2n) is 5.12. The quantitative estimate of drug-likeness (QED) is 0.657. The summed E-state index contributed by atoms with van der Waals surface area (Å²) in [5.41, 5.74) is 8.33. The van der Waals surface area contributed by atoms with Gasteiger partial charge in [0, 0.05) is 35.9 Å². The van der Waals surface area contributed by atoms with Gasteiger partial charge in [-0.05, 0) is 31.5 Å². The van der Waals surface area contributed by atoms with E-state index in [1.54, 1.807) is 24.4 Å². The molecule has 1 aliphatic rings. The Balaban J connectivity index is 2.08. The second-order valence-corrected chi connectivity index (χ2v) is 7.03. The van der Waals surface area contributed by atoms with Crippen LogP contribution in [0.3, 0.4) is 0 Å². The molecule has 1 aliphatic heterocycles. The number of nitrogens with zero attached hydrogens (tertiary/aromatic N) is 1. The van der Waals surface area contributed by atoms with Crippen molar-refractivity contribution < 1.29 is 8.42 Å². The summed E-state index contributed by atoms with van der Waals surface area (Å²) < 4.78 is 26.9. The molecule has 0 spiro atoms. The standard InChI is InChI=1S/C14H17N3O2S/c1-10-4-6-17(7-5-10)20(18,19)14-9-16-13-3-2-11(15)8-12(13)14/h2-4,8-9,16H,5-7,15H2,1H3. The topological polar surface area (TPSA) is 79.2 Å². The van der Waals surface area contributed by atoms with Gasteiger partial charge >= 0.3 is 0 Å². The van der Waals surface area contributed by atoms with Crippen LogP contribution in [0.4, 0.5) is 5.69 Å². The number of fused-ring (bicyclic) bond motifs is 1. The first-order valence-corrected chi connectivity index (χ1v) is 7.95. The Labute approximate surface area is 118 Å². The normalized spacial score (nSPS) is 17.4. The zero-order valence-electron chi connectivity index (χ0n) is 11.3. The van der Waals surface area contributed by atoms with Gasteiger partial charge in [0.15, 0.2) is 0 Å². The number of hydrogen-bond acceptors (Lipinski definition) is 3. The molecule has 1 aromatic carbocycles. The molecular weight excluding hydrogens is 274 g/mol. The van der Waals surface area contributed by atoms with Crippen molar-refractivity contribution in [1.29, 1.82) is 0 Å². The molecule has 20 heavy (non-hydrogen) atoms. The SMILES string of the molecule is CC1=CCN(S(=O)(=O)c2c[nH]c3ccc(N)cc23)CC1. The van der Waals surface area contributed by atoms with Crippen molar-refractivity contribution in [1.82, 2.24) is 9.29 Å². The Bertz CT molecular complexity index is 790. The van der Waals surface area contributed by atoms with E-state index in [0.717, 1.165) is 11.9 Å². The highest BCUT2D eigenvalue weighted by atomic mass is 32.2. The van der Waals surface area contributed by atoms with E-state index in [9.17, 15) is 8.42 Å². The van der Waals surface area contributed by atoms with Gasteiger partial charge in [-0.15, -0.1) is 0 Å². The van der Waals surface area contributed by atoms with Crippen molar-refractivity contribution >= 4 is 26.6 Å². The van der Waals surface area contributed by atoms with Gasteiger partial charge in [0.2, 0.25) is 10.0 Å². The Morgan fingerprint density at radius 1 is 1.35 bits per heavy atom. The van der Waals surface area contributed by atoms with Gasteiger partial charge in [0.05, 0.1) is 0 Å². The van der Waals surface area contributed by atoms with Crippen LogP contribution in [0.15, 0.2) is 40.9 Å². The lowest BCUT2D eigenvalue weighted by atomic mass is 10.1. The molecule has 1 aromatic heterocycles. The van der Waals surface area contributed by atoms with Crippen LogP contribution in [0.2, 0.25) is 0 Å². The molecule has 106 valence electrons. The number of rotatable bonds is 2. The van der Waals surface area contributed by atoms with Gasteiger partial charge in [0.1, 0.15) is 4.90 Å². The van der Waals surface area contributed by atoms with Gasteiger partial charge < -0.3 is 10.7 Å². The molecule has 3 N–H and O–H groups in total. The fourth-order valence-electron chi connectivity index (χ4n) is 2.44. The molecule has 0 fully saturated rings. The van der Waals surface area contributed by atoms with Crippen LogP contribution in [0.5, 0.6) is 0 Å². The van der Waals surface area contributed by atoms with Crippen molar-refractivity contribution in [2.75, 3.05) is 18.8 Å². The van der Waals surface area contributed by atoms with Gasteiger partial charge in [0.25, 0.3) is 0 Å². The number of nitrogens with one attached hydrogen (secondary N) is 1. The lowest BCUT2D eigenvalue weighted by Crippen LogP contribution is -2.34. The minimum absolute atomic E-state index is 0.299. The van der Waals surface area contributed by atoms with Crippen LogP contribution in [-0.2, 0) is 10.0 Å². The Kier molecular flexibility index (Phi) is 3.07.